The third-order valence-electron chi connectivity index (χ3n) is 4.20. The molecule has 146 valence electrons. The summed E-state index contributed by atoms with van der Waals surface area (Å²) in [6.07, 6.45) is 0. The smallest absolute Gasteiger partial charge is 0.161 e. The van der Waals surface area contributed by atoms with Crippen molar-refractivity contribution in [2.45, 2.75) is 27.0 Å². The van der Waals surface area contributed by atoms with Crippen LogP contribution in [0.15, 0.2) is 60.7 Å². The first-order valence-electron chi connectivity index (χ1n) is 9.18. The first-order chi connectivity index (χ1) is 13.5. The normalized spacial score (nSPS) is 10.6. The molecule has 0 spiro atoms. The summed E-state index contributed by atoms with van der Waals surface area (Å²) in [6, 6.07) is 19.8. The van der Waals surface area contributed by atoms with Gasteiger partial charge in [0.2, 0.25) is 0 Å². The maximum Gasteiger partial charge on any atom is 0.161 e. The van der Waals surface area contributed by atoms with Crippen molar-refractivity contribution in [1.82, 2.24) is 0 Å². The molecule has 28 heavy (non-hydrogen) atoms. The molecule has 5 heteroatoms. The lowest BCUT2D eigenvalue weighted by molar-refractivity contribution is 0.269. The highest BCUT2D eigenvalue weighted by Crippen LogP contribution is 2.30. The number of ether oxygens (including phenoxy) is 2. The quantitative estimate of drug-likeness (QED) is 0.434. The van der Waals surface area contributed by atoms with Crippen LogP contribution in [0.2, 0.25) is 10.0 Å². The minimum absolute atomic E-state index is 0.503. The van der Waals surface area contributed by atoms with E-state index in [0.29, 0.717) is 29.8 Å². The highest BCUT2D eigenvalue weighted by atomic mass is 35.5. The first-order valence-corrected chi connectivity index (χ1v) is 9.93. The van der Waals surface area contributed by atoms with E-state index in [9.17, 15) is 0 Å². The van der Waals surface area contributed by atoms with E-state index in [-0.39, 0.29) is 0 Å². The second-order valence-corrected chi connectivity index (χ2v) is 7.29. The molecule has 3 rings (SSSR count). The molecule has 0 aromatic heterocycles. The van der Waals surface area contributed by atoms with Crippen molar-refractivity contribution in [3.8, 4) is 11.5 Å². The Morgan fingerprint density at radius 2 is 1.68 bits per heavy atom. The Labute approximate surface area is 176 Å². The van der Waals surface area contributed by atoms with E-state index in [1.54, 1.807) is 6.07 Å². The van der Waals surface area contributed by atoms with Crippen LogP contribution in [0.4, 0.5) is 5.69 Å². The molecular formula is C23H23Cl2NO2. The molecule has 0 unspecified atom stereocenters. The Kier molecular flexibility index (Phi) is 7.07. The molecule has 0 aliphatic rings. The van der Waals surface area contributed by atoms with Crippen molar-refractivity contribution < 1.29 is 9.47 Å². The molecule has 0 aliphatic heterocycles. The Hall–Kier alpha value is -2.36. The lowest BCUT2D eigenvalue weighted by atomic mass is 10.1. The molecule has 0 saturated heterocycles. The Morgan fingerprint density at radius 3 is 2.43 bits per heavy atom. The van der Waals surface area contributed by atoms with E-state index in [2.05, 4.69) is 30.4 Å². The lowest BCUT2D eigenvalue weighted by Crippen LogP contribution is -2.03. The van der Waals surface area contributed by atoms with Gasteiger partial charge in [0, 0.05) is 12.2 Å². The summed E-state index contributed by atoms with van der Waals surface area (Å²) in [7, 11) is 0. The summed E-state index contributed by atoms with van der Waals surface area (Å²) in [6.45, 7) is 5.75. The number of benzene rings is 3. The second-order valence-electron chi connectivity index (χ2n) is 6.47. The highest BCUT2D eigenvalue weighted by Gasteiger charge is 2.08. The van der Waals surface area contributed by atoms with Crippen LogP contribution in [-0.2, 0) is 13.2 Å². The van der Waals surface area contributed by atoms with E-state index in [4.69, 9.17) is 32.7 Å². The molecule has 3 aromatic carbocycles. The van der Waals surface area contributed by atoms with Gasteiger partial charge < -0.3 is 14.8 Å². The number of hydrogen-bond acceptors (Lipinski definition) is 3. The summed E-state index contributed by atoms with van der Waals surface area (Å²) in [5.41, 5.74) is 4.34. The zero-order valence-corrected chi connectivity index (χ0v) is 17.5. The lowest BCUT2D eigenvalue weighted by Gasteiger charge is -2.14. The van der Waals surface area contributed by atoms with E-state index < -0.39 is 0 Å². The Bertz CT molecular complexity index is 944. The molecule has 0 aliphatic carbocycles. The summed E-state index contributed by atoms with van der Waals surface area (Å²) < 4.78 is 11.8. The molecule has 0 amide bonds. The van der Waals surface area contributed by atoms with Gasteiger partial charge >= 0.3 is 0 Å². The molecular weight excluding hydrogens is 393 g/mol. The van der Waals surface area contributed by atoms with Crippen molar-refractivity contribution >= 4 is 28.9 Å². The molecule has 0 radical (unpaired) electrons. The van der Waals surface area contributed by atoms with Crippen LogP contribution < -0.4 is 14.8 Å². The predicted molar refractivity (Wildman–Crippen MR) is 117 cm³/mol. The second kappa shape index (κ2) is 9.72. The molecule has 3 nitrogen and oxygen atoms in total. The van der Waals surface area contributed by atoms with Crippen LogP contribution in [0.3, 0.4) is 0 Å². The molecule has 3 aromatic rings. The zero-order valence-electron chi connectivity index (χ0n) is 16.0. The van der Waals surface area contributed by atoms with Crippen LogP contribution in [0, 0.1) is 6.92 Å². The Balaban J connectivity index is 1.68. The minimum Gasteiger partial charge on any atom is -0.490 e. The van der Waals surface area contributed by atoms with E-state index in [1.807, 2.05) is 43.3 Å². The van der Waals surface area contributed by atoms with E-state index in [1.165, 1.54) is 5.56 Å². The average molecular weight is 416 g/mol. The Morgan fingerprint density at radius 1 is 0.821 bits per heavy atom. The third-order valence-corrected chi connectivity index (χ3v) is 4.94. The SMILES string of the molecule is CCOc1cc(CNc2ccc(Cl)c(Cl)c2)ccc1OCc1cccc(C)c1. The fourth-order valence-corrected chi connectivity index (χ4v) is 3.12. The molecule has 0 bridgehead atoms. The maximum absolute atomic E-state index is 6.07. The van der Waals surface area contributed by atoms with Crippen LogP contribution >= 0.6 is 23.2 Å². The van der Waals surface area contributed by atoms with Crippen molar-refractivity contribution in [2.24, 2.45) is 0 Å². The van der Waals surface area contributed by atoms with Crippen molar-refractivity contribution in [2.75, 3.05) is 11.9 Å². The van der Waals surface area contributed by atoms with Gasteiger partial charge in [-0.2, -0.15) is 0 Å². The van der Waals surface area contributed by atoms with Gasteiger partial charge in [-0.25, -0.2) is 0 Å². The topological polar surface area (TPSA) is 30.5 Å². The van der Waals surface area contributed by atoms with Gasteiger partial charge in [-0.15, -0.1) is 0 Å². The fraction of sp³-hybridized carbons (Fsp3) is 0.217. The van der Waals surface area contributed by atoms with Gasteiger partial charge in [0.25, 0.3) is 0 Å². The largest absolute Gasteiger partial charge is 0.490 e. The summed E-state index contributed by atoms with van der Waals surface area (Å²) in [5, 5.41) is 4.41. The number of anilines is 1. The van der Waals surface area contributed by atoms with Crippen molar-refractivity contribution in [1.29, 1.82) is 0 Å². The van der Waals surface area contributed by atoms with Gasteiger partial charge in [-0.1, -0.05) is 59.1 Å². The van der Waals surface area contributed by atoms with Crippen LogP contribution in [0.5, 0.6) is 11.5 Å². The summed E-state index contributed by atoms with van der Waals surface area (Å²) in [4.78, 5) is 0. The minimum atomic E-state index is 0.503. The van der Waals surface area contributed by atoms with Gasteiger partial charge in [0.1, 0.15) is 6.61 Å². The van der Waals surface area contributed by atoms with Gasteiger partial charge in [-0.3, -0.25) is 0 Å². The molecule has 0 atom stereocenters. The first kappa shape index (κ1) is 20.4. The summed E-state index contributed by atoms with van der Waals surface area (Å²) in [5.74, 6) is 1.48. The zero-order chi connectivity index (χ0) is 19.9. The average Bonchev–Trinajstić information content (AvgIpc) is 2.68. The molecule has 1 N–H and O–H groups in total. The van der Waals surface area contributed by atoms with E-state index in [0.717, 1.165) is 28.3 Å². The van der Waals surface area contributed by atoms with Gasteiger partial charge in [0.15, 0.2) is 11.5 Å². The van der Waals surface area contributed by atoms with Crippen LogP contribution in [0.25, 0.3) is 0 Å². The van der Waals surface area contributed by atoms with Crippen LogP contribution in [0.1, 0.15) is 23.6 Å². The standard InChI is InChI=1S/C23H23Cl2NO2/c1-3-27-23-12-17(14-26-19-8-9-20(24)21(25)13-19)7-10-22(23)28-15-18-6-4-5-16(2)11-18/h4-13,26H,3,14-15H2,1-2H3. The van der Waals surface area contributed by atoms with Crippen molar-refractivity contribution in [3.63, 3.8) is 0 Å². The maximum atomic E-state index is 6.07. The van der Waals surface area contributed by atoms with Crippen molar-refractivity contribution in [3.05, 3.63) is 87.4 Å². The number of aryl methyl sites for hydroxylation is 1. The predicted octanol–water partition coefficient (Wildman–Crippen LogP) is 6.89. The monoisotopic (exact) mass is 415 g/mol. The number of nitrogens with one attached hydrogen (secondary N) is 1. The van der Waals surface area contributed by atoms with Gasteiger partial charge in [-0.05, 0) is 55.3 Å². The number of hydrogen-bond donors (Lipinski definition) is 1. The van der Waals surface area contributed by atoms with Gasteiger partial charge in [0.05, 0.1) is 16.7 Å². The highest BCUT2D eigenvalue weighted by molar-refractivity contribution is 6.42. The number of halogens is 2. The van der Waals surface area contributed by atoms with Crippen LogP contribution in [-0.4, -0.2) is 6.61 Å². The fourth-order valence-electron chi connectivity index (χ4n) is 2.82. The molecule has 0 heterocycles. The number of rotatable bonds is 8. The third kappa shape index (κ3) is 5.57. The molecule has 0 fully saturated rings. The summed E-state index contributed by atoms with van der Waals surface area (Å²) >= 11 is 12.0. The van der Waals surface area contributed by atoms with E-state index >= 15 is 0 Å². The molecule has 0 saturated carbocycles.